The van der Waals surface area contributed by atoms with Gasteiger partial charge >= 0.3 is 0 Å². The van der Waals surface area contributed by atoms with Gasteiger partial charge in [-0.15, -0.1) is 11.3 Å². The maximum absolute atomic E-state index is 3.73. The van der Waals surface area contributed by atoms with Gasteiger partial charge in [0.2, 0.25) is 0 Å². The first-order valence-electron chi connectivity index (χ1n) is 5.65. The smallest absolute Gasteiger partial charge is 0.0474 e. The van der Waals surface area contributed by atoms with Gasteiger partial charge in [-0.05, 0) is 54.7 Å². The zero-order valence-electron chi connectivity index (χ0n) is 8.68. The fourth-order valence-electron chi connectivity index (χ4n) is 2.75. The predicted molar refractivity (Wildman–Crippen MR) is 60.7 cm³/mol. The summed E-state index contributed by atoms with van der Waals surface area (Å²) in [7, 11) is 0. The van der Waals surface area contributed by atoms with E-state index in [-0.39, 0.29) is 0 Å². The standard InChI is InChI=1S/C12H17NS/c1-2-12(5-6-12)11-10-9(3-7-13-11)4-8-14-10/h4,8,11,13H,2-3,5-7H2,1H3. The molecule has 1 unspecified atom stereocenters. The van der Waals surface area contributed by atoms with Crippen LogP contribution in [0, 0.1) is 5.41 Å². The second-order valence-electron chi connectivity index (χ2n) is 4.66. The van der Waals surface area contributed by atoms with E-state index in [0.29, 0.717) is 11.5 Å². The van der Waals surface area contributed by atoms with Crippen LogP contribution in [0.15, 0.2) is 11.4 Å². The largest absolute Gasteiger partial charge is 0.308 e. The van der Waals surface area contributed by atoms with Gasteiger partial charge in [-0.25, -0.2) is 0 Å². The molecule has 1 saturated carbocycles. The number of thiophene rings is 1. The van der Waals surface area contributed by atoms with E-state index in [1.807, 2.05) is 11.3 Å². The molecule has 1 atom stereocenters. The van der Waals surface area contributed by atoms with Crippen LogP contribution in [0.3, 0.4) is 0 Å². The topological polar surface area (TPSA) is 12.0 Å². The fourth-order valence-corrected chi connectivity index (χ4v) is 3.92. The normalized spacial score (nSPS) is 28.5. The van der Waals surface area contributed by atoms with E-state index in [1.54, 1.807) is 10.4 Å². The molecule has 14 heavy (non-hydrogen) atoms. The third kappa shape index (κ3) is 1.17. The molecule has 0 aromatic carbocycles. The van der Waals surface area contributed by atoms with Crippen LogP contribution in [0.4, 0.5) is 0 Å². The van der Waals surface area contributed by atoms with Crippen molar-refractivity contribution in [2.45, 2.75) is 38.6 Å². The van der Waals surface area contributed by atoms with Crippen molar-refractivity contribution >= 4 is 11.3 Å². The zero-order valence-corrected chi connectivity index (χ0v) is 9.49. The van der Waals surface area contributed by atoms with Gasteiger partial charge in [-0.2, -0.15) is 0 Å². The Bertz CT molecular complexity index is 338. The van der Waals surface area contributed by atoms with Gasteiger partial charge in [0.1, 0.15) is 0 Å². The summed E-state index contributed by atoms with van der Waals surface area (Å²) < 4.78 is 0. The molecular formula is C12H17NS. The van der Waals surface area contributed by atoms with Gasteiger partial charge in [0.25, 0.3) is 0 Å². The highest BCUT2D eigenvalue weighted by atomic mass is 32.1. The van der Waals surface area contributed by atoms with Gasteiger partial charge in [-0.1, -0.05) is 6.92 Å². The molecular weight excluding hydrogens is 190 g/mol. The second kappa shape index (κ2) is 3.07. The third-order valence-electron chi connectivity index (χ3n) is 3.99. The molecule has 0 saturated heterocycles. The van der Waals surface area contributed by atoms with E-state index >= 15 is 0 Å². The number of nitrogens with one attached hydrogen (secondary N) is 1. The minimum absolute atomic E-state index is 0.625. The summed E-state index contributed by atoms with van der Waals surface area (Å²) >= 11 is 1.95. The molecule has 2 aliphatic rings. The average molecular weight is 207 g/mol. The lowest BCUT2D eigenvalue weighted by molar-refractivity contribution is 0.321. The highest BCUT2D eigenvalue weighted by Crippen LogP contribution is 2.59. The van der Waals surface area contributed by atoms with Crippen LogP contribution in [-0.4, -0.2) is 6.54 Å². The Balaban J connectivity index is 1.96. The van der Waals surface area contributed by atoms with Gasteiger partial charge in [0.05, 0.1) is 0 Å². The summed E-state index contributed by atoms with van der Waals surface area (Å²) in [5, 5.41) is 5.99. The molecule has 1 aromatic heterocycles. The summed E-state index contributed by atoms with van der Waals surface area (Å²) in [6, 6.07) is 3.00. The lowest BCUT2D eigenvalue weighted by atomic mass is 9.88. The van der Waals surface area contributed by atoms with Crippen molar-refractivity contribution in [2.24, 2.45) is 5.41 Å². The Morgan fingerprint density at radius 3 is 3.14 bits per heavy atom. The van der Waals surface area contributed by atoms with Crippen LogP contribution in [-0.2, 0) is 6.42 Å². The SMILES string of the molecule is CCC1(C2NCCc3ccsc32)CC1. The van der Waals surface area contributed by atoms with Crippen molar-refractivity contribution in [3.05, 3.63) is 21.9 Å². The van der Waals surface area contributed by atoms with E-state index in [0.717, 1.165) is 0 Å². The number of fused-ring (bicyclic) bond motifs is 1. The lowest BCUT2D eigenvalue weighted by Crippen LogP contribution is -2.34. The molecule has 1 aromatic rings. The van der Waals surface area contributed by atoms with Crippen molar-refractivity contribution in [3.8, 4) is 0 Å². The summed E-state index contributed by atoms with van der Waals surface area (Å²) in [4.78, 5) is 1.63. The molecule has 1 nitrogen and oxygen atoms in total. The molecule has 2 heterocycles. The summed E-state index contributed by atoms with van der Waals surface area (Å²) in [5.74, 6) is 0. The molecule has 0 bridgehead atoms. The van der Waals surface area contributed by atoms with Crippen LogP contribution in [0.25, 0.3) is 0 Å². The Morgan fingerprint density at radius 1 is 1.57 bits per heavy atom. The molecule has 0 amide bonds. The molecule has 2 heteroatoms. The Morgan fingerprint density at radius 2 is 2.43 bits per heavy atom. The number of hydrogen-bond donors (Lipinski definition) is 1. The van der Waals surface area contributed by atoms with Crippen LogP contribution in [0.2, 0.25) is 0 Å². The van der Waals surface area contributed by atoms with Crippen molar-refractivity contribution < 1.29 is 0 Å². The van der Waals surface area contributed by atoms with Gasteiger partial charge in [-0.3, -0.25) is 0 Å². The first-order chi connectivity index (χ1) is 6.86. The van der Waals surface area contributed by atoms with Crippen LogP contribution < -0.4 is 5.32 Å². The monoisotopic (exact) mass is 207 g/mol. The van der Waals surface area contributed by atoms with Crippen molar-refractivity contribution in [2.75, 3.05) is 6.54 Å². The lowest BCUT2D eigenvalue weighted by Gasteiger charge is -2.31. The molecule has 1 aliphatic carbocycles. The summed E-state index contributed by atoms with van der Waals surface area (Å²) in [6.07, 6.45) is 5.42. The fraction of sp³-hybridized carbons (Fsp3) is 0.667. The summed E-state index contributed by atoms with van der Waals surface area (Å²) in [6.45, 7) is 3.52. The predicted octanol–water partition coefficient (Wildman–Crippen LogP) is 3.13. The minimum Gasteiger partial charge on any atom is -0.308 e. The highest BCUT2D eigenvalue weighted by Gasteiger charge is 2.49. The molecule has 1 aliphatic heterocycles. The number of hydrogen-bond acceptors (Lipinski definition) is 2. The maximum Gasteiger partial charge on any atom is 0.0474 e. The molecule has 1 fully saturated rings. The van der Waals surface area contributed by atoms with E-state index in [1.165, 1.54) is 32.2 Å². The highest BCUT2D eigenvalue weighted by molar-refractivity contribution is 7.10. The quantitative estimate of drug-likeness (QED) is 0.785. The van der Waals surface area contributed by atoms with Crippen molar-refractivity contribution in [3.63, 3.8) is 0 Å². The van der Waals surface area contributed by atoms with Gasteiger partial charge in [0, 0.05) is 10.9 Å². The Kier molecular flexibility index (Phi) is 1.96. The maximum atomic E-state index is 3.73. The van der Waals surface area contributed by atoms with Crippen LogP contribution in [0.1, 0.15) is 42.7 Å². The number of rotatable bonds is 2. The first-order valence-corrected chi connectivity index (χ1v) is 6.53. The van der Waals surface area contributed by atoms with E-state index in [4.69, 9.17) is 0 Å². The molecule has 3 rings (SSSR count). The van der Waals surface area contributed by atoms with Gasteiger partial charge in [0.15, 0.2) is 0 Å². The van der Waals surface area contributed by atoms with Crippen molar-refractivity contribution in [1.82, 2.24) is 5.32 Å². The molecule has 1 N–H and O–H groups in total. The van der Waals surface area contributed by atoms with Gasteiger partial charge < -0.3 is 5.32 Å². The molecule has 76 valence electrons. The van der Waals surface area contributed by atoms with Crippen molar-refractivity contribution in [1.29, 1.82) is 0 Å². The third-order valence-corrected chi connectivity index (χ3v) is 5.02. The molecule has 0 spiro atoms. The summed E-state index contributed by atoms with van der Waals surface area (Å²) in [5.41, 5.74) is 2.23. The van der Waals surface area contributed by atoms with E-state index in [9.17, 15) is 0 Å². The average Bonchev–Trinajstić information content (AvgIpc) is 2.87. The Hall–Kier alpha value is -0.340. The van der Waals surface area contributed by atoms with E-state index < -0.39 is 0 Å². The van der Waals surface area contributed by atoms with E-state index in [2.05, 4.69) is 23.7 Å². The second-order valence-corrected chi connectivity index (χ2v) is 5.61. The first kappa shape index (κ1) is 8.93. The molecule has 0 radical (unpaired) electrons. The Labute approximate surface area is 89.5 Å². The zero-order chi connectivity index (χ0) is 9.60. The minimum atomic E-state index is 0.625. The van der Waals surface area contributed by atoms with Crippen LogP contribution >= 0.6 is 11.3 Å². The van der Waals surface area contributed by atoms with Crippen LogP contribution in [0.5, 0.6) is 0 Å².